The summed E-state index contributed by atoms with van der Waals surface area (Å²) in [5.74, 6) is 0.780. The number of amides is 1. The zero-order valence-electron chi connectivity index (χ0n) is 15.6. The SMILES string of the molecule is CCCOc1ccc(-c2csc(NC(=O)Cc3c[nH]c4ccccc34)n2)cc1. The lowest BCUT2D eigenvalue weighted by Gasteiger charge is -2.04. The summed E-state index contributed by atoms with van der Waals surface area (Å²) in [5, 5.41) is 6.53. The van der Waals surface area contributed by atoms with Gasteiger partial charge in [0.2, 0.25) is 5.91 Å². The van der Waals surface area contributed by atoms with Crippen molar-refractivity contribution < 1.29 is 9.53 Å². The first kappa shape index (κ1) is 18.3. The van der Waals surface area contributed by atoms with E-state index in [9.17, 15) is 4.79 Å². The molecule has 2 heterocycles. The maximum absolute atomic E-state index is 12.4. The molecule has 0 saturated carbocycles. The van der Waals surface area contributed by atoms with Crippen LogP contribution < -0.4 is 10.1 Å². The smallest absolute Gasteiger partial charge is 0.230 e. The molecular weight excluding hydrogens is 370 g/mol. The van der Waals surface area contributed by atoms with Crippen LogP contribution in [0.2, 0.25) is 0 Å². The first-order valence-corrected chi connectivity index (χ1v) is 10.1. The molecule has 2 N–H and O–H groups in total. The number of aromatic amines is 1. The number of fused-ring (bicyclic) bond motifs is 1. The van der Waals surface area contributed by atoms with Crippen LogP contribution in [0.4, 0.5) is 5.13 Å². The number of aromatic nitrogens is 2. The number of carbonyl (C=O) groups excluding carboxylic acids is 1. The van der Waals surface area contributed by atoms with Gasteiger partial charge in [-0.25, -0.2) is 4.98 Å². The Kier molecular flexibility index (Phi) is 5.39. The van der Waals surface area contributed by atoms with Crippen molar-refractivity contribution >= 4 is 33.3 Å². The number of ether oxygens (including phenoxy) is 1. The maximum Gasteiger partial charge on any atom is 0.230 e. The monoisotopic (exact) mass is 391 g/mol. The van der Waals surface area contributed by atoms with Gasteiger partial charge in [-0.1, -0.05) is 25.1 Å². The molecule has 4 rings (SSSR count). The molecular formula is C22H21N3O2S. The lowest BCUT2D eigenvalue weighted by atomic mass is 10.1. The Labute approximate surface area is 167 Å². The maximum atomic E-state index is 12.4. The van der Waals surface area contributed by atoms with Crippen LogP contribution in [0.15, 0.2) is 60.1 Å². The van der Waals surface area contributed by atoms with Gasteiger partial charge < -0.3 is 15.0 Å². The first-order chi connectivity index (χ1) is 13.7. The number of anilines is 1. The largest absolute Gasteiger partial charge is 0.494 e. The number of carbonyl (C=O) groups is 1. The predicted molar refractivity (Wildman–Crippen MR) is 114 cm³/mol. The van der Waals surface area contributed by atoms with Crippen molar-refractivity contribution in [3.8, 4) is 17.0 Å². The zero-order chi connectivity index (χ0) is 19.3. The van der Waals surface area contributed by atoms with Crippen LogP contribution in [0, 0.1) is 0 Å². The highest BCUT2D eigenvalue weighted by molar-refractivity contribution is 7.14. The number of nitrogens with zero attached hydrogens (tertiary/aromatic N) is 1. The summed E-state index contributed by atoms with van der Waals surface area (Å²) in [5.41, 5.74) is 3.85. The van der Waals surface area contributed by atoms with E-state index in [1.54, 1.807) is 0 Å². The predicted octanol–water partition coefficient (Wildman–Crippen LogP) is 5.26. The topological polar surface area (TPSA) is 67.0 Å². The van der Waals surface area contributed by atoms with E-state index >= 15 is 0 Å². The highest BCUT2D eigenvalue weighted by atomic mass is 32.1. The average molecular weight is 391 g/mol. The quantitative estimate of drug-likeness (QED) is 0.451. The summed E-state index contributed by atoms with van der Waals surface area (Å²) < 4.78 is 5.61. The first-order valence-electron chi connectivity index (χ1n) is 9.26. The molecule has 6 heteroatoms. The van der Waals surface area contributed by atoms with Crippen LogP contribution in [0.25, 0.3) is 22.2 Å². The van der Waals surface area contributed by atoms with Crippen molar-refractivity contribution in [3.63, 3.8) is 0 Å². The second-order valence-corrected chi connectivity index (χ2v) is 7.35. The average Bonchev–Trinajstić information content (AvgIpc) is 3.34. The van der Waals surface area contributed by atoms with E-state index in [0.717, 1.165) is 39.9 Å². The number of hydrogen-bond acceptors (Lipinski definition) is 4. The van der Waals surface area contributed by atoms with Crippen molar-refractivity contribution in [2.24, 2.45) is 0 Å². The van der Waals surface area contributed by atoms with Gasteiger partial charge in [-0.15, -0.1) is 11.3 Å². The van der Waals surface area contributed by atoms with Crippen molar-refractivity contribution in [1.29, 1.82) is 0 Å². The van der Waals surface area contributed by atoms with Gasteiger partial charge in [0, 0.05) is 28.0 Å². The number of benzene rings is 2. The Hall–Kier alpha value is -3.12. The van der Waals surface area contributed by atoms with Crippen LogP contribution in [0.3, 0.4) is 0 Å². The van der Waals surface area contributed by atoms with Crippen molar-refractivity contribution in [2.75, 3.05) is 11.9 Å². The van der Waals surface area contributed by atoms with Gasteiger partial charge in [0.25, 0.3) is 0 Å². The fraction of sp³-hybridized carbons (Fsp3) is 0.182. The summed E-state index contributed by atoms with van der Waals surface area (Å²) in [6.07, 6.45) is 3.18. The minimum atomic E-state index is -0.0750. The van der Waals surface area contributed by atoms with E-state index in [4.69, 9.17) is 4.74 Å². The highest BCUT2D eigenvalue weighted by Gasteiger charge is 2.11. The van der Waals surface area contributed by atoms with E-state index in [2.05, 4.69) is 22.2 Å². The molecule has 4 aromatic rings. The molecule has 0 saturated heterocycles. The molecule has 28 heavy (non-hydrogen) atoms. The molecule has 0 radical (unpaired) electrons. The van der Waals surface area contributed by atoms with Gasteiger partial charge in [-0.2, -0.15) is 0 Å². The second kappa shape index (κ2) is 8.27. The van der Waals surface area contributed by atoms with Gasteiger partial charge in [0.05, 0.1) is 18.7 Å². The van der Waals surface area contributed by atoms with E-state index in [0.29, 0.717) is 18.2 Å². The molecule has 0 aliphatic carbocycles. The Morgan fingerprint density at radius 3 is 2.82 bits per heavy atom. The van der Waals surface area contributed by atoms with E-state index < -0.39 is 0 Å². The highest BCUT2D eigenvalue weighted by Crippen LogP contribution is 2.27. The third-order valence-electron chi connectivity index (χ3n) is 4.40. The standard InChI is InChI=1S/C22H21N3O2S/c1-2-11-27-17-9-7-15(8-10-17)20-14-28-22(24-20)25-21(26)12-16-13-23-19-6-4-3-5-18(16)19/h3-10,13-14,23H,2,11-12H2,1H3,(H,24,25,26). The van der Waals surface area contributed by atoms with E-state index in [1.807, 2.05) is 60.1 Å². The van der Waals surface area contributed by atoms with Crippen molar-refractivity contribution in [1.82, 2.24) is 9.97 Å². The summed E-state index contributed by atoms with van der Waals surface area (Å²) in [6, 6.07) is 15.8. The molecule has 0 atom stereocenters. The van der Waals surface area contributed by atoms with Gasteiger partial charge in [-0.05, 0) is 42.3 Å². The van der Waals surface area contributed by atoms with Gasteiger partial charge in [0.15, 0.2) is 5.13 Å². The van der Waals surface area contributed by atoms with Gasteiger partial charge in [-0.3, -0.25) is 4.79 Å². The number of para-hydroxylation sites is 1. The molecule has 142 valence electrons. The molecule has 5 nitrogen and oxygen atoms in total. The Balaban J connectivity index is 1.41. The van der Waals surface area contributed by atoms with Crippen LogP contribution in [0.1, 0.15) is 18.9 Å². The summed E-state index contributed by atoms with van der Waals surface area (Å²) in [6.45, 7) is 2.79. The number of H-pyrrole nitrogens is 1. The third-order valence-corrected chi connectivity index (χ3v) is 5.16. The van der Waals surface area contributed by atoms with Gasteiger partial charge >= 0.3 is 0 Å². The fourth-order valence-corrected chi connectivity index (χ4v) is 3.76. The molecule has 2 aromatic heterocycles. The molecule has 2 aromatic carbocycles. The molecule has 0 aliphatic heterocycles. The summed E-state index contributed by atoms with van der Waals surface area (Å²) in [4.78, 5) is 20.2. The Bertz CT molecular complexity index is 1080. The third kappa shape index (κ3) is 4.07. The van der Waals surface area contributed by atoms with E-state index in [-0.39, 0.29) is 5.91 Å². The number of thiazole rings is 1. The van der Waals surface area contributed by atoms with Crippen LogP contribution in [-0.4, -0.2) is 22.5 Å². The molecule has 1 amide bonds. The summed E-state index contributed by atoms with van der Waals surface area (Å²) in [7, 11) is 0. The minimum absolute atomic E-state index is 0.0750. The number of hydrogen-bond donors (Lipinski definition) is 2. The second-order valence-electron chi connectivity index (χ2n) is 6.50. The molecule has 0 aliphatic rings. The van der Waals surface area contributed by atoms with Crippen molar-refractivity contribution in [3.05, 3.63) is 65.7 Å². The summed E-state index contributed by atoms with van der Waals surface area (Å²) >= 11 is 1.42. The van der Waals surface area contributed by atoms with Crippen LogP contribution >= 0.6 is 11.3 Å². The fourth-order valence-electron chi connectivity index (χ4n) is 3.02. The normalized spacial score (nSPS) is 10.9. The lowest BCUT2D eigenvalue weighted by Crippen LogP contribution is -2.13. The van der Waals surface area contributed by atoms with Gasteiger partial charge in [0.1, 0.15) is 5.75 Å². The Morgan fingerprint density at radius 1 is 1.18 bits per heavy atom. The molecule has 0 bridgehead atoms. The molecule has 0 spiro atoms. The van der Waals surface area contributed by atoms with Crippen molar-refractivity contribution in [2.45, 2.75) is 19.8 Å². The van der Waals surface area contributed by atoms with Crippen LogP contribution in [0.5, 0.6) is 5.75 Å². The number of nitrogens with one attached hydrogen (secondary N) is 2. The number of rotatable bonds is 7. The molecule has 0 unspecified atom stereocenters. The minimum Gasteiger partial charge on any atom is -0.494 e. The van der Waals surface area contributed by atoms with E-state index in [1.165, 1.54) is 11.3 Å². The zero-order valence-corrected chi connectivity index (χ0v) is 16.4. The van der Waals surface area contributed by atoms with Crippen LogP contribution in [-0.2, 0) is 11.2 Å². The Morgan fingerprint density at radius 2 is 2.00 bits per heavy atom. The lowest BCUT2D eigenvalue weighted by molar-refractivity contribution is -0.115. The molecule has 0 fully saturated rings.